The number of carbonyl (C=O) groups is 1. The molecule has 2 heterocycles. The van der Waals surface area contributed by atoms with Gasteiger partial charge in [0.2, 0.25) is 5.91 Å². The third-order valence-corrected chi connectivity index (χ3v) is 4.35. The maximum absolute atomic E-state index is 12.7. The summed E-state index contributed by atoms with van der Waals surface area (Å²) in [6, 6.07) is 10.6. The van der Waals surface area contributed by atoms with Gasteiger partial charge in [0.15, 0.2) is 0 Å². The molecule has 1 atom stereocenters. The topological polar surface area (TPSA) is 45.2 Å². The Morgan fingerprint density at radius 2 is 2.10 bits per heavy atom. The van der Waals surface area contributed by atoms with Crippen LogP contribution in [0.1, 0.15) is 25.7 Å². The van der Waals surface area contributed by atoms with Crippen molar-refractivity contribution >= 4 is 22.5 Å². The molecule has 1 aliphatic heterocycles. The second-order valence-corrected chi connectivity index (χ2v) is 6.01. The predicted octanol–water partition coefficient (Wildman–Crippen LogP) is 2.48. The summed E-state index contributed by atoms with van der Waals surface area (Å²) in [5.41, 5.74) is 1.96. The number of carbonyl (C=O) groups excluding carboxylic acids is 1. The van der Waals surface area contributed by atoms with Crippen LogP contribution in [0.2, 0.25) is 0 Å². The van der Waals surface area contributed by atoms with Gasteiger partial charge in [-0.3, -0.25) is 9.78 Å². The number of hydrogen-bond acceptors (Lipinski definition) is 3. The van der Waals surface area contributed by atoms with Gasteiger partial charge in [0.1, 0.15) is 0 Å². The molecule has 108 valence electrons. The second kappa shape index (κ2) is 5.11. The quantitative estimate of drug-likeness (QED) is 0.940. The van der Waals surface area contributed by atoms with Gasteiger partial charge in [-0.2, -0.15) is 0 Å². The van der Waals surface area contributed by atoms with Crippen molar-refractivity contribution in [2.45, 2.75) is 37.8 Å². The van der Waals surface area contributed by atoms with E-state index in [4.69, 9.17) is 0 Å². The first kappa shape index (κ1) is 12.8. The zero-order valence-electron chi connectivity index (χ0n) is 12.0. The van der Waals surface area contributed by atoms with Crippen molar-refractivity contribution in [3.63, 3.8) is 0 Å². The Bertz CT molecular complexity index is 681. The number of pyridine rings is 1. The largest absolute Gasteiger partial charge is 0.311 e. The highest BCUT2D eigenvalue weighted by Crippen LogP contribution is 2.27. The van der Waals surface area contributed by atoms with Crippen molar-refractivity contribution in [2.24, 2.45) is 0 Å². The summed E-state index contributed by atoms with van der Waals surface area (Å²) >= 11 is 0. The van der Waals surface area contributed by atoms with Gasteiger partial charge in [-0.25, -0.2) is 0 Å². The molecule has 1 aromatic heterocycles. The first-order chi connectivity index (χ1) is 10.3. The number of nitrogens with zero attached hydrogens (tertiary/aromatic N) is 2. The molecule has 1 aliphatic carbocycles. The molecule has 1 N–H and O–H groups in total. The van der Waals surface area contributed by atoms with Gasteiger partial charge < -0.3 is 10.2 Å². The molecule has 21 heavy (non-hydrogen) atoms. The molecule has 1 unspecified atom stereocenters. The van der Waals surface area contributed by atoms with Crippen LogP contribution < -0.4 is 10.2 Å². The van der Waals surface area contributed by atoms with E-state index in [9.17, 15) is 4.79 Å². The van der Waals surface area contributed by atoms with E-state index in [1.54, 1.807) is 6.20 Å². The predicted molar refractivity (Wildman–Crippen MR) is 83.3 cm³/mol. The zero-order valence-corrected chi connectivity index (χ0v) is 12.0. The molecule has 2 aromatic rings. The molecule has 0 radical (unpaired) electrons. The Balaban J connectivity index is 1.61. The van der Waals surface area contributed by atoms with Gasteiger partial charge in [-0.05, 0) is 49.9 Å². The van der Waals surface area contributed by atoms with Crippen LogP contribution in [-0.2, 0) is 4.79 Å². The smallest absolute Gasteiger partial charge is 0.244 e. The number of fused-ring (bicyclic) bond motifs is 1. The lowest BCUT2D eigenvalue weighted by Crippen LogP contribution is -2.51. The van der Waals surface area contributed by atoms with Crippen molar-refractivity contribution in [1.82, 2.24) is 10.3 Å². The molecule has 0 spiro atoms. The van der Waals surface area contributed by atoms with Crippen molar-refractivity contribution in [3.8, 4) is 0 Å². The number of amides is 1. The molecule has 4 heteroatoms. The van der Waals surface area contributed by atoms with E-state index in [0.29, 0.717) is 6.04 Å². The lowest BCUT2D eigenvalue weighted by Gasteiger charge is -2.33. The summed E-state index contributed by atoms with van der Waals surface area (Å²) in [5.74, 6) is 0.219. The zero-order chi connectivity index (χ0) is 14.2. The monoisotopic (exact) mass is 281 g/mol. The van der Waals surface area contributed by atoms with Crippen LogP contribution in [0.15, 0.2) is 36.5 Å². The Morgan fingerprint density at radius 1 is 1.19 bits per heavy atom. The van der Waals surface area contributed by atoms with E-state index in [0.717, 1.165) is 36.0 Å². The first-order valence-corrected chi connectivity index (χ1v) is 7.73. The summed E-state index contributed by atoms with van der Waals surface area (Å²) in [7, 11) is 0. The minimum atomic E-state index is -0.00385. The number of aromatic nitrogens is 1. The molecule has 1 saturated heterocycles. The van der Waals surface area contributed by atoms with E-state index < -0.39 is 0 Å². The van der Waals surface area contributed by atoms with Crippen molar-refractivity contribution in [2.75, 3.05) is 11.4 Å². The molecule has 1 aromatic carbocycles. The molecule has 4 rings (SSSR count). The average Bonchev–Trinajstić information content (AvgIpc) is 3.33. The molecule has 2 fully saturated rings. The van der Waals surface area contributed by atoms with Gasteiger partial charge in [0, 0.05) is 29.9 Å². The summed E-state index contributed by atoms with van der Waals surface area (Å²) in [4.78, 5) is 18.9. The van der Waals surface area contributed by atoms with Crippen LogP contribution in [0.3, 0.4) is 0 Å². The number of benzene rings is 1. The molecule has 1 amide bonds. The highest BCUT2D eigenvalue weighted by Gasteiger charge is 2.33. The number of rotatable bonds is 3. The molecule has 4 nitrogen and oxygen atoms in total. The SMILES string of the molecule is O=C1C(NC2CC2)CCCN1c1ccc2ncccc2c1. The van der Waals surface area contributed by atoms with Crippen LogP contribution in [0.25, 0.3) is 10.9 Å². The van der Waals surface area contributed by atoms with E-state index in [1.807, 2.05) is 29.2 Å². The standard InChI is InChI=1S/C17H19N3O/c21-17-16(19-13-5-6-13)4-2-10-20(17)14-7-8-15-12(11-14)3-1-9-18-15/h1,3,7-9,11,13,16,19H,2,4-6,10H2. The van der Waals surface area contributed by atoms with Crippen molar-refractivity contribution < 1.29 is 4.79 Å². The Kier molecular flexibility index (Phi) is 3.11. The summed E-state index contributed by atoms with van der Waals surface area (Å²) in [6.07, 6.45) is 6.24. The van der Waals surface area contributed by atoms with Crippen LogP contribution in [0.5, 0.6) is 0 Å². The molecule has 0 bridgehead atoms. The molecular weight excluding hydrogens is 262 g/mol. The highest BCUT2D eigenvalue weighted by atomic mass is 16.2. The van der Waals surface area contributed by atoms with Crippen molar-refractivity contribution in [3.05, 3.63) is 36.5 Å². The van der Waals surface area contributed by atoms with Gasteiger partial charge in [0.05, 0.1) is 11.6 Å². The summed E-state index contributed by atoms with van der Waals surface area (Å²) < 4.78 is 0. The van der Waals surface area contributed by atoms with E-state index in [-0.39, 0.29) is 11.9 Å². The number of piperidine rings is 1. The number of anilines is 1. The maximum atomic E-state index is 12.7. The first-order valence-electron chi connectivity index (χ1n) is 7.73. The number of hydrogen-bond donors (Lipinski definition) is 1. The lowest BCUT2D eigenvalue weighted by atomic mass is 10.0. The van der Waals surface area contributed by atoms with Gasteiger partial charge in [-0.1, -0.05) is 6.07 Å². The highest BCUT2D eigenvalue weighted by molar-refractivity contribution is 5.99. The second-order valence-electron chi connectivity index (χ2n) is 6.01. The molecule has 1 saturated carbocycles. The molecular formula is C17H19N3O. The fourth-order valence-electron chi connectivity index (χ4n) is 3.05. The minimum absolute atomic E-state index is 0.00385. The van der Waals surface area contributed by atoms with Crippen LogP contribution >= 0.6 is 0 Å². The van der Waals surface area contributed by atoms with Gasteiger partial charge >= 0.3 is 0 Å². The fourth-order valence-corrected chi connectivity index (χ4v) is 3.05. The number of nitrogens with one attached hydrogen (secondary N) is 1. The van der Waals surface area contributed by atoms with E-state index >= 15 is 0 Å². The van der Waals surface area contributed by atoms with Gasteiger partial charge in [-0.15, -0.1) is 0 Å². The average molecular weight is 281 g/mol. The Hall–Kier alpha value is -1.94. The third kappa shape index (κ3) is 2.51. The van der Waals surface area contributed by atoms with Gasteiger partial charge in [0.25, 0.3) is 0 Å². The Labute approximate surface area is 124 Å². The lowest BCUT2D eigenvalue weighted by molar-refractivity contribution is -0.121. The van der Waals surface area contributed by atoms with Crippen LogP contribution in [0.4, 0.5) is 5.69 Å². The minimum Gasteiger partial charge on any atom is -0.311 e. The third-order valence-electron chi connectivity index (χ3n) is 4.35. The Morgan fingerprint density at radius 3 is 2.95 bits per heavy atom. The van der Waals surface area contributed by atoms with Crippen LogP contribution in [-0.4, -0.2) is 29.5 Å². The fraction of sp³-hybridized carbons (Fsp3) is 0.412. The van der Waals surface area contributed by atoms with Crippen LogP contribution in [0, 0.1) is 0 Å². The van der Waals surface area contributed by atoms with E-state index in [1.165, 1.54) is 12.8 Å². The maximum Gasteiger partial charge on any atom is 0.244 e. The van der Waals surface area contributed by atoms with Crippen molar-refractivity contribution in [1.29, 1.82) is 0 Å². The normalized spacial score (nSPS) is 22.8. The summed E-state index contributed by atoms with van der Waals surface area (Å²) in [6.45, 7) is 0.813. The molecule has 2 aliphatic rings. The van der Waals surface area contributed by atoms with E-state index in [2.05, 4.69) is 16.4 Å². The summed E-state index contributed by atoms with van der Waals surface area (Å²) in [5, 5.41) is 4.56.